The van der Waals surface area contributed by atoms with Gasteiger partial charge in [-0.05, 0) is 89.0 Å². The SMILES string of the molecule is Cc1ccc(C)c2cc3cc4c(=O)c5cc(Cl)ccc5sc4cc3cc12. The summed E-state index contributed by atoms with van der Waals surface area (Å²) in [5.41, 5.74) is 2.58. The number of aryl methyl sites for hydroxylation is 2. The van der Waals surface area contributed by atoms with Gasteiger partial charge >= 0.3 is 0 Å². The molecule has 0 aliphatic rings. The lowest BCUT2D eigenvalue weighted by molar-refractivity contribution is 1.47. The Morgan fingerprint density at radius 2 is 1.27 bits per heavy atom. The predicted octanol–water partition coefficient (Wildman–Crippen LogP) is 6.99. The van der Waals surface area contributed by atoms with Crippen molar-refractivity contribution in [2.24, 2.45) is 0 Å². The van der Waals surface area contributed by atoms with Crippen LogP contribution in [0.15, 0.2) is 59.4 Å². The van der Waals surface area contributed by atoms with Crippen molar-refractivity contribution in [2.45, 2.75) is 13.8 Å². The smallest absolute Gasteiger partial charge is 0.195 e. The molecule has 0 aliphatic carbocycles. The summed E-state index contributed by atoms with van der Waals surface area (Å²) in [5.74, 6) is 0. The molecule has 4 aromatic carbocycles. The monoisotopic (exact) mass is 374 g/mol. The van der Waals surface area contributed by atoms with Crippen LogP contribution in [0.1, 0.15) is 11.1 Å². The van der Waals surface area contributed by atoms with E-state index < -0.39 is 0 Å². The van der Waals surface area contributed by atoms with Crippen LogP contribution in [0.2, 0.25) is 5.02 Å². The largest absolute Gasteiger partial charge is 0.289 e. The minimum Gasteiger partial charge on any atom is -0.289 e. The van der Waals surface area contributed by atoms with Gasteiger partial charge in [-0.3, -0.25) is 4.79 Å². The number of benzene rings is 4. The molecule has 0 N–H and O–H groups in total. The lowest BCUT2D eigenvalue weighted by Gasteiger charge is -2.09. The molecule has 1 nitrogen and oxygen atoms in total. The van der Waals surface area contributed by atoms with E-state index in [4.69, 9.17) is 11.6 Å². The summed E-state index contributed by atoms with van der Waals surface area (Å²) < 4.78 is 1.99. The number of hydrogen-bond donors (Lipinski definition) is 0. The van der Waals surface area contributed by atoms with Gasteiger partial charge in [-0.1, -0.05) is 23.7 Å². The highest BCUT2D eigenvalue weighted by Crippen LogP contribution is 2.33. The maximum atomic E-state index is 13.0. The van der Waals surface area contributed by atoms with Crippen molar-refractivity contribution in [2.75, 3.05) is 0 Å². The van der Waals surface area contributed by atoms with Crippen molar-refractivity contribution in [1.82, 2.24) is 0 Å². The number of hydrogen-bond acceptors (Lipinski definition) is 2. The van der Waals surface area contributed by atoms with Crippen molar-refractivity contribution < 1.29 is 0 Å². The highest BCUT2D eigenvalue weighted by molar-refractivity contribution is 7.24. The summed E-state index contributed by atoms with van der Waals surface area (Å²) in [4.78, 5) is 13.0. The zero-order valence-electron chi connectivity index (χ0n) is 14.4. The summed E-state index contributed by atoms with van der Waals surface area (Å²) in [6, 6.07) is 18.5. The van der Waals surface area contributed by atoms with E-state index in [-0.39, 0.29) is 5.43 Å². The molecular weight excluding hydrogens is 360 g/mol. The molecule has 0 bridgehead atoms. The lowest BCUT2D eigenvalue weighted by atomic mass is 9.96. The van der Waals surface area contributed by atoms with E-state index in [1.807, 2.05) is 18.2 Å². The van der Waals surface area contributed by atoms with Gasteiger partial charge in [0.05, 0.1) is 0 Å². The molecule has 0 aliphatic heterocycles. The fraction of sp³-hybridized carbons (Fsp3) is 0.0870. The zero-order valence-corrected chi connectivity index (χ0v) is 16.0. The molecule has 1 aromatic heterocycles. The summed E-state index contributed by atoms with van der Waals surface area (Å²) in [5, 5.41) is 6.85. The molecule has 0 saturated heterocycles. The van der Waals surface area contributed by atoms with Crippen LogP contribution in [0.4, 0.5) is 0 Å². The first-order valence-electron chi connectivity index (χ1n) is 8.51. The fourth-order valence-corrected chi connectivity index (χ4v) is 4.96. The Bertz CT molecular complexity index is 1430. The average Bonchev–Trinajstić information content (AvgIpc) is 2.63. The maximum absolute atomic E-state index is 13.0. The summed E-state index contributed by atoms with van der Waals surface area (Å²) >= 11 is 7.74. The number of rotatable bonds is 0. The molecule has 0 unspecified atom stereocenters. The second-order valence-electron chi connectivity index (χ2n) is 6.86. The van der Waals surface area contributed by atoms with Crippen molar-refractivity contribution in [3.63, 3.8) is 0 Å². The first-order valence-corrected chi connectivity index (χ1v) is 9.70. The molecule has 126 valence electrons. The first-order chi connectivity index (χ1) is 12.5. The van der Waals surface area contributed by atoms with Gasteiger partial charge in [0.25, 0.3) is 0 Å². The van der Waals surface area contributed by atoms with Crippen LogP contribution in [-0.2, 0) is 0 Å². The minimum atomic E-state index is 0.0548. The van der Waals surface area contributed by atoms with Crippen molar-refractivity contribution in [1.29, 1.82) is 0 Å². The lowest BCUT2D eigenvalue weighted by Crippen LogP contribution is -2.00. The van der Waals surface area contributed by atoms with Crippen LogP contribution in [0, 0.1) is 13.8 Å². The van der Waals surface area contributed by atoms with Crippen molar-refractivity contribution >= 4 is 64.7 Å². The van der Waals surface area contributed by atoms with Crippen LogP contribution in [0.25, 0.3) is 41.7 Å². The van der Waals surface area contributed by atoms with Crippen LogP contribution in [0.3, 0.4) is 0 Å². The van der Waals surface area contributed by atoms with Gasteiger partial charge in [-0.2, -0.15) is 0 Å². The summed E-state index contributed by atoms with van der Waals surface area (Å²) in [6.45, 7) is 4.27. The van der Waals surface area contributed by atoms with Gasteiger partial charge in [0.1, 0.15) is 0 Å². The zero-order chi connectivity index (χ0) is 18.0. The molecule has 3 heteroatoms. The van der Waals surface area contributed by atoms with Gasteiger partial charge in [0, 0.05) is 25.2 Å². The van der Waals surface area contributed by atoms with E-state index in [9.17, 15) is 4.79 Å². The van der Waals surface area contributed by atoms with E-state index in [1.165, 1.54) is 27.3 Å². The van der Waals surface area contributed by atoms with Gasteiger partial charge in [0.2, 0.25) is 0 Å². The van der Waals surface area contributed by atoms with Crippen LogP contribution in [-0.4, -0.2) is 0 Å². The minimum absolute atomic E-state index is 0.0548. The molecule has 0 radical (unpaired) electrons. The van der Waals surface area contributed by atoms with Gasteiger partial charge in [-0.15, -0.1) is 11.3 Å². The highest BCUT2D eigenvalue weighted by Gasteiger charge is 2.10. The predicted molar refractivity (Wildman–Crippen MR) is 115 cm³/mol. The van der Waals surface area contributed by atoms with E-state index in [1.54, 1.807) is 17.4 Å². The topological polar surface area (TPSA) is 17.1 Å². The van der Waals surface area contributed by atoms with E-state index >= 15 is 0 Å². The Balaban J connectivity index is 1.97. The second kappa shape index (κ2) is 5.54. The third-order valence-corrected chi connectivity index (χ3v) is 6.53. The van der Waals surface area contributed by atoms with E-state index in [0.29, 0.717) is 10.4 Å². The Kier molecular flexibility index (Phi) is 3.37. The normalized spacial score (nSPS) is 11.8. The molecule has 0 saturated carbocycles. The molecule has 1 heterocycles. The summed E-state index contributed by atoms with van der Waals surface area (Å²) in [6.07, 6.45) is 0. The Labute approximate surface area is 159 Å². The van der Waals surface area contributed by atoms with Gasteiger partial charge < -0.3 is 0 Å². The molecule has 5 rings (SSSR count). The molecule has 5 aromatic rings. The summed E-state index contributed by atoms with van der Waals surface area (Å²) in [7, 11) is 0. The Hall–Kier alpha value is -2.42. The van der Waals surface area contributed by atoms with E-state index in [2.05, 4.69) is 44.2 Å². The van der Waals surface area contributed by atoms with Crippen LogP contribution >= 0.6 is 22.9 Å². The van der Waals surface area contributed by atoms with Crippen LogP contribution in [0.5, 0.6) is 0 Å². The highest BCUT2D eigenvalue weighted by atomic mass is 35.5. The average molecular weight is 375 g/mol. The molecule has 0 atom stereocenters. The number of halogens is 1. The second-order valence-corrected chi connectivity index (χ2v) is 8.38. The maximum Gasteiger partial charge on any atom is 0.195 e. The van der Waals surface area contributed by atoms with Gasteiger partial charge in [0.15, 0.2) is 5.43 Å². The van der Waals surface area contributed by atoms with Gasteiger partial charge in [-0.25, -0.2) is 0 Å². The third kappa shape index (κ3) is 2.26. The molecule has 0 spiro atoms. The molecule has 0 amide bonds. The number of fused-ring (bicyclic) bond motifs is 4. The van der Waals surface area contributed by atoms with E-state index in [0.717, 1.165) is 20.2 Å². The standard InChI is InChI=1S/C23H15ClOS/c1-12-3-4-13(2)18-8-15-10-22-19(9-14(15)7-17(12)18)23(25)20-11-16(24)5-6-21(20)26-22/h3-11H,1-2H3. The molecular formula is C23H15ClOS. The first kappa shape index (κ1) is 15.8. The Morgan fingerprint density at radius 3 is 1.96 bits per heavy atom. The fourth-order valence-electron chi connectivity index (χ4n) is 3.70. The third-order valence-electron chi connectivity index (χ3n) is 5.16. The van der Waals surface area contributed by atoms with Crippen LogP contribution < -0.4 is 5.43 Å². The molecule has 26 heavy (non-hydrogen) atoms. The van der Waals surface area contributed by atoms with Crippen molar-refractivity contribution in [3.8, 4) is 0 Å². The quantitative estimate of drug-likeness (QED) is 0.267. The van der Waals surface area contributed by atoms with Crippen molar-refractivity contribution in [3.05, 3.63) is 81.0 Å². The Morgan fingerprint density at radius 1 is 0.692 bits per heavy atom. The molecule has 0 fully saturated rings.